The molecule has 0 bridgehead atoms. The van der Waals surface area contributed by atoms with Gasteiger partial charge in [-0.3, -0.25) is 0 Å². The minimum absolute atomic E-state index is 0.0423. The highest BCUT2D eigenvalue weighted by Crippen LogP contribution is 2.32. The van der Waals surface area contributed by atoms with Gasteiger partial charge in [-0.25, -0.2) is 9.18 Å². The van der Waals surface area contributed by atoms with Crippen LogP contribution in [-0.4, -0.2) is 13.1 Å². The quantitative estimate of drug-likeness (QED) is 0.508. The van der Waals surface area contributed by atoms with Gasteiger partial charge in [0, 0.05) is 6.07 Å². The summed E-state index contributed by atoms with van der Waals surface area (Å²) in [7, 11) is 0.826. The number of carbonyl (C=O) groups excluding carboxylic acids is 1. The molecule has 0 aliphatic heterocycles. The maximum absolute atomic E-state index is 14.0. The average Bonchev–Trinajstić information content (AvgIpc) is 2.64. The third-order valence-corrected chi connectivity index (χ3v) is 5.75. The number of ether oxygens (including phenoxy) is 1. The van der Waals surface area contributed by atoms with E-state index in [2.05, 4.69) is 4.74 Å². The fraction of sp³-hybridized carbons (Fsp3) is 0.0500. The monoisotopic (exact) mass is 339 g/mol. The molecule has 0 unspecified atom stereocenters. The molecule has 0 spiro atoms. The Balaban J connectivity index is 2.15. The van der Waals surface area contributed by atoms with Crippen LogP contribution >= 0.6 is 0 Å². The van der Waals surface area contributed by atoms with Crippen molar-refractivity contribution in [2.45, 2.75) is 14.7 Å². The van der Waals surface area contributed by atoms with Gasteiger partial charge in [0.1, 0.15) is 11.4 Å². The van der Waals surface area contributed by atoms with Crippen molar-refractivity contribution in [2.75, 3.05) is 7.11 Å². The number of rotatable bonds is 4. The molecular weight excluding hydrogens is 323 g/mol. The molecule has 0 N–H and O–H groups in total. The molecule has 3 rings (SSSR count). The van der Waals surface area contributed by atoms with Crippen LogP contribution in [0.4, 0.5) is 4.39 Å². The van der Waals surface area contributed by atoms with Gasteiger partial charge in [0.25, 0.3) is 0 Å². The Morgan fingerprint density at radius 1 is 0.833 bits per heavy atom. The number of hydrogen-bond acceptors (Lipinski definition) is 2. The van der Waals surface area contributed by atoms with Crippen LogP contribution in [0.1, 0.15) is 10.4 Å². The molecule has 0 atom stereocenters. The Kier molecular flexibility index (Phi) is 4.96. The lowest BCUT2D eigenvalue weighted by Gasteiger charge is -2.09. The first kappa shape index (κ1) is 16.3. The van der Waals surface area contributed by atoms with Gasteiger partial charge in [-0.1, -0.05) is 36.4 Å². The van der Waals surface area contributed by atoms with E-state index >= 15 is 0 Å². The van der Waals surface area contributed by atoms with E-state index in [0.29, 0.717) is 0 Å². The molecule has 0 saturated heterocycles. The number of esters is 1. The van der Waals surface area contributed by atoms with Gasteiger partial charge in [-0.05, 0) is 36.4 Å². The highest BCUT2D eigenvalue weighted by molar-refractivity contribution is 7.97. The van der Waals surface area contributed by atoms with E-state index in [0.717, 1.165) is 14.7 Å². The van der Waals surface area contributed by atoms with Crippen LogP contribution in [0.25, 0.3) is 0 Å². The van der Waals surface area contributed by atoms with Gasteiger partial charge in [0.15, 0.2) is 14.7 Å². The van der Waals surface area contributed by atoms with E-state index in [1.807, 2.05) is 60.7 Å². The summed E-state index contributed by atoms with van der Waals surface area (Å²) in [5.41, 5.74) is -0.0423. The van der Waals surface area contributed by atoms with Crippen LogP contribution in [0.2, 0.25) is 0 Å². The van der Waals surface area contributed by atoms with Gasteiger partial charge >= 0.3 is 5.97 Å². The summed E-state index contributed by atoms with van der Waals surface area (Å²) in [5, 5.41) is 0. The van der Waals surface area contributed by atoms with Gasteiger partial charge in [-0.15, -0.1) is 0 Å². The molecule has 0 aliphatic rings. The number of carbonyl (C=O) groups is 1. The third-order valence-electron chi connectivity index (χ3n) is 3.54. The highest BCUT2D eigenvalue weighted by Gasteiger charge is 2.30. The molecule has 0 fully saturated rings. The Morgan fingerprint density at radius 2 is 1.38 bits per heavy atom. The minimum atomic E-state index is -0.668. The second-order valence-corrected chi connectivity index (χ2v) is 7.09. The maximum atomic E-state index is 14.0. The van der Waals surface area contributed by atoms with Crippen molar-refractivity contribution in [2.24, 2.45) is 0 Å². The number of halogens is 1. The maximum Gasteiger partial charge on any atom is 0.341 e. The zero-order valence-corrected chi connectivity index (χ0v) is 13.9. The van der Waals surface area contributed by atoms with Crippen molar-refractivity contribution in [1.82, 2.24) is 0 Å². The van der Waals surface area contributed by atoms with Crippen molar-refractivity contribution in [3.63, 3.8) is 0 Å². The van der Waals surface area contributed by atoms with Gasteiger partial charge in [0.05, 0.1) is 18.0 Å². The molecular formula is C20H16FO2S+. The van der Waals surface area contributed by atoms with Crippen LogP contribution in [0.15, 0.2) is 93.5 Å². The van der Waals surface area contributed by atoms with Crippen LogP contribution in [0.3, 0.4) is 0 Å². The molecule has 3 aromatic carbocycles. The SMILES string of the molecule is COC(=O)c1cc([S+](c2ccccc2)c2ccccc2)ccc1F. The molecule has 24 heavy (non-hydrogen) atoms. The first-order chi connectivity index (χ1) is 11.7. The summed E-state index contributed by atoms with van der Waals surface area (Å²) in [5.74, 6) is -1.24. The third kappa shape index (κ3) is 3.34. The summed E-state index contributed by atoms with van der Waals surface area (Å²) >= 11 is 0. The van der Waals surface area contributed by atoms with Crippen molar-refractivity contribution in [3.8, 4) is 0 Å². The first-order valence-electron chi connectivity index (χ1n) is 7.43. The van der Waals surface area contributed by atoms with Crippen LogP contribution < -0.4 is 0 Å². The molecule has 120 valence electrons. The smallest absolute Gasteiger partial charge is 0.341 e. The Bertz CT molecular complexity index is 795. The van der Waals surface area contributed by atoms with E-state index < -0.39 is 22.7 Å². The summed E-state index contributed by atoms with van der Waals surface area (Å²) < 4.78 is 18.7. The van der Waals surface area contributed by atoms with E-state index in [4.69, 9.17) is 0 Å². The molecule has 0 saturated carbocycles. The normalized spacial score (nSPS) is 10.6. The zero-order chi connectivity index (χ0) is 16.9. The molecule has 0 radical (unpaired) electrons. The summed E-state index contributed by atoms with van der Waals surface area (Å²) in [6.07, 6.45) is 0. The topological polar surface area (TPSA) is 26.3 Å². The van der Waals surface area contributed by atoms with Crippen LogP contribution in [-0.2, 0) is 15.6 Å². The lowest BCUT2D eigenvalue weighted by molar-refractivity contribution is 0.0595. The predicted molar refractivity (Wildman–Crippen MR) is 92.8 cm³/mol. The molecule has 4 heteroatoms. The number of methoxy groups -OCH3 is 1. The molecule has 3 aromatic rings. The summed E-state index contributed by atoms with van der Waals surface area (Å²) in [6, 6.07) is 24.6. The number of benzene rings is 3. The van der Waals surface area contributed by atoms with Crippen molar-refractivity contribution >= 4 is 16.9 Å². The zero-order valence-electron chi connectivity index (χ0n) is 13.1. The second kappa shape index (κ2) is 7.32. The first-order valence-corrected chi connectivity index (χ1v) is 8.65. The van der Waals surface area contributed by atoms with Crippen LogP contribution in [0.5, 0.6) is 0 Å². The Hall–Kier alpha value is -2.59. The lowest BCUT2D eigenvalue weighted by Crippen LogP contribution is -2.09. The minimum Gasteiger partial charge on any atom is -0.465 e. The molecule has 0 aromatic heterocycles. The van der Waals surface area contributed by atoms with Crippen LogP contribution in [0, 0.1) is 5.82 Å². The standard InChI is InChI=1S/C20H16FO2S/c1-23-20(22)18-14-17(12-13-19(18)21)24(15-8-4-2-5-9-15)16-10-6-3-7-11-16/h2-14H,1H3/q+1. The van der Waals surface area contributed by atoms with E-state index in [1.165, 1.54) is 13.2 Å². The highest BCUT2D eigenvalue weighted by atomic mass is 32.2. The lowest BCUT2D eigenvalue weighted by atomic mass is 10.2. The van der Waals surface area contributed by atoms with E-state index in [-0.39, 0.29) is 5.56 Å². The van der Waals surface area contributed by atoms with Crippen molar-refractivity contribution in [3.05, 3.63) is 90.2 Å². The van der Waals surface area contributed by atoms with Gasteiger partial charge in [0.2, 0.25) is 0 Å². The van der Waals surface area contributed by atoms with Gasteiger partial charge < -0.3 is 4.74 Å². The van der Waals surface area contributed by atoms with E-state index in [1.54, 1.807) is 12.1 Å². The fourth-order valence-electron chi connectivity index (χ4n) is 2.42. The largest absolute Gasteiger partial charge is 0.465 e. The van der Waals surface area contributed by atoms with E-state index in [9.17, 15) is 9.18 Å². The molecule has 0 amide bonds. The molecule has 0 aliphatic carbocycles. The predicted octanol–water partition coefficient (Wildman–Crippen LogP) is 4.71. The van der Waals surface area contributed by atoms with Crippen molar-refractivity contribution in [1.29, 1.82) is 0 Å². The van der Waals surface area contributed by atoms with Gasteiger partial charge in [-0.2, -0.15) is 0 Å². The Labute approximate surface area is 143 Å². The Morgan fingerprint density at radius 3 is 1.88 bits per heavy atom. The molecule has 0 heterocycles. The molecule has 2 nitrogen and oxygen atoms in total. The second-order valence-electron chi connectivity index (χ2n) is 5.07. The summed E-state index contributed by atoms with van der Waals surface area (Å²) in [6.45, 7) is 0. The fourth-order valence-corrected chi connectivity index (χ4v) is 4.53. The summed E-state index contributed by atoms with van der Waals surface area (Å²) in [4.78, 5) is 14.9. The average molecular weight is 339 g/mol. The number of hydrogen-bond donors (Lipinski definition) is 0. The van der Waals surface area contributed by atoms with Crippen molar-refractivity contribution < 1.29 is 13.9 Å².